The Morgan fingerprint density at radius 3 is 2.27 bits per heavy atom. The second-order valence-corrected chi connectivity index (χ2v) is 14.9. The van der Waals surface area contributed by atoms with E-state index in [-0.39, 0.29) is 63.0 Å². The molecule has 0 heterocycles. The van der Waals surface area contributed by atoms with Crippen LogP contribution in [-0.2, 0) is 14.4 Å². The molecule has 206 valence electrons. The van der Waals surface area contributed by atoms with Crippen molar-refractivity contribution >= 4 is 17.5 Å². The Balaban J connectivity index is 2.01. The van der Waals surface area contributed by atoms with Crippen molar-refractivity contribution in [3.8, 4) is 6.07 Å². The first kappa shape index (κ1) is 29.6. The lowest BCUT2D eigenvalue weighted by atomic mass is 9.41. The van der Waals surface area contributed by atoms with Crippen molar-refractivity contribution in [2.45, 2.75) is 114 Å². The maximum Gasteiger partial charge on any atom is 0.223 e. The van der Waals surface area contributed by atoms with Gasteiger partial charge in [-0.25, -0.2) is 0 Å². The number of nitriles is 1. The van der Waals surface area contributed by atoms with Crippen LogP contribution in [-0.4, -0.2) is 17.5 Å². The molecule has 0 aliphatic heterocycles. The van der Waals surface area contributed by atoms with Gasteiger partial charge >= 0.3 is 0 Å². The van der Waals surface area contributed by atoms with E-state index in [1.165, 1.54) is 0 Å². The van der Waals surface area contributed by atoms with Gasteiger partial charge in [-0.3, -0.25) is 9.59 Å². The van der Waals surface area contributed by atoms with E-state index in [0.717, 1.165) is 44.9 Å². The number of amides is 1. The molecular formula is C32H50N2O3. The van der Waals surface area contributed by atoms with Crippen molar-refractivity contribution in [2.24, 2.45) is 56.5 Å². The fraction of sp³-hybridized carbons (Fsp3) is 0.812. The number of primary amides is 1. The fourth-order valence-electron chi connectivity index (χ4n) is 8.94. The van der Waals surface area contributed by atoms with Crippen LogP contribution in [0.1, 0.15) is 114 Å². The van der Waals surface area contributed by atoms with Gasteiger partial charge in [0.2, 0.25) is 5.91 Å². The highest BCUT2D eigenvalue weighted by Gasteiger charge is 2.61. The molecule has 0 aromatic heterocycles. The van der Waals surface area contributed by atoms with Gasteiger partial charge in [-0.05, 0) is 91.3 Å². The third kappa shape index (κ3) is 4.83. The number of rotatable bonds is 7. The van der Waals surface area contributed by atoms with Crippen molar-refractivity contribution in [1.82, 2.24) is 0 Å². The molecule has 2 fully saturated rings. The Bertz CT molecular complexity index is 1030. The molecule has 37 heavy (non-hydrogen) atoms. The molecular weight excluding hydrogens is 460 g/mol. The normalized spacial score (nSPS) is 39.8. The fourth-order valence-corrected chi connectivity index (χ4v) is 8.94. The molecule has 3 aliphatic rings. The number of nitrogens with zero attached hydrogens (tertiary/aromatic N) is 1. The minimum absolute atomic E-state index is 0.00242. The number of hydrogen-bond acceptors (Lipinski definition) is 4. The van der Waals surface area contributed by atoms with Crippen molar-refractivity contribution in [2.75, 3.05) is 0 Å². The molecule has 0 bridgehead atoms. The molecule has 3 rings (SSSR count). The molecule has 5 nitrogen and oxygen atoms in total. The smallest absolute Gasteiger partial charge is 0.223 e. The van der Waals surface area contributed by atoms with Gasteiger partial charge in [0, 0.05) is 12.3 Å². The summed E-state index contributed by atoms with van der Waals surface area (Å²) < 4.78 is 0. The lowest BCUT2D eigenvalue weighted by molar-refractivity contribution is -0.147. The summed E-state index contributed by atoms with van der Waals surface area (Å²) in [5, 5.41) is 9.76. The van der Waals surface area contributed by atoms with Crippen molar-refractivity contribution in [3.05, 3.63) is 11.6 Å². The molecule has 0 saturated heterocycles. The summed E-state index contributed by atoms with van der Waals surface area (Å²) in [7, 11) is 0. The first-order chi connectivity index (χ1) is 16.9. The van der Waals surface area contributed by atoms with Crippen LogP contribution in [0, 0.1) is 62.1 Å². The highest BCUT2D eigenvalue weighted by molar-refractivity contribution is 6.01. The number of Topliss-reactive ketones (excluding diaryl/α,β-unsaturated/α-hetero) is 2. The van der Waals surface area contributed by atoms with Gasteiger partial charge in [0.25, 0.3) is 0 Å². The summed E-state index contributed by atoms with van der Waals surface area (Å²) in [6, 6.07) is 2.15. The largest absolute Gasteiger partial charge is 0.369 e. The number of allylic oxidation sites excluding steroid dienone is 2. The van der Waals surface area contributed by atoms with Crippen molar-refractivity contribution in [1.29, 1.82) is 5.26 Å². The molecule has 0 radical (unpaired) electrons. The third-order valence-electron chi connectivity index (χ3n) is 11.9. The van der Waals surface area contributed by atoms with Crippen LogP contribution in [0.2, 0.25) is 0 Å². The van der Waals surface area contributed by atoms with E-state index in [2.05, 4.69) is 54.5 Å². The minimum Gasteiger partial charge on any atom is -0.369 e. The summed E-state index contributed by atoms with van der Waals surface area (Å²) in [6.45, 7) is 19.4. The van der Waals surface area contributed by atoms with Crippen LogP contribution in [0.25, 0.3) is 0 Å². The Morgan fingerprint density at radius 1 is 1.14 bits per heavy atom. The van der Waals surface area contributed by atoms with Gasteiger partial charge < -0.3 is 10.5 Å². The monoisotopic (exact) mass is 510 g/mol. The molecule has 0 aromatic carbocycles. The number of ketones is 2. The van der Waals surface area contributed by atoms with Crippen LogP contribution in [0.4, 0.5) is 0 Å². The number of hydrogen-bond donors (Lipinski definition) is 1. The zero-order valence-corrected chi connectivity index (χ0v) is 24.8. The molecule has 1 amide bonds. The Kier molecular flexibility index (Phi) is 7.72. The van der Waals surface area contributed by atoms with Gasteiger partial charge in [0.15, 0.2) is 5.78 Å². The van der Waals surface area contributed by atoms with Crippen LogP contribution < -0.4 is 5.73 Å². The highest BCUT2D eigenvalue weighted by atomic mass is 16.1. The summed E-state index contributed by atoms with van der Waals surface area (Å²) in [5.74, 6) is 0.0179. The van der Waals surface area contributed by atoms with Crippen molar-refractivity contribution < 1.29 is 14.4 Å². The zero-order valence-electron chi connectivity index (χ0n) is 24.8. The van der Waals surface area contributed by atoms with E-state index in [0.29, 0.717) is 6.42 Å². The summed E-state index contributed by atoms with van der Waals surface area (Å²) in [6.07, 6.45) is 8.56. The minimum atomic E-state index is -0.500. The molecule has 3 aliphatic carbocycles. The molecule has 2 saturated carbocycles. The third-order valence-corrected chi connectivity index (χ3v) is 11.9. The molecule has 0 aromatic rings. The number of nitrogens with two attached hydrogens (primary N) is 1. The quantitative estimate of drug-likeness (QED) is 0.407. The summed E-state index contributed by atoms with van der Waals surface area (Å²) in [4.78, 5) is 38.5. The average molecular weight is 511 g/mol. The molecule has 2 N–H and O–H groups in total. The number of fused-ring (bicyclic) bond motifs is 1. The Hall–Kier alpha value is -1.96. The van der Waals surface area contributed by atoms with Gasteiger partial charge in [-0.1, -0.05) is 61.5 Å². The number of carbonyl (C=O) groups excluding carboxylic acids is 3. The molecule has 5 heteroatoms. The Labute approximate surface area is 225 Å². The number of carbonyl (C=O) groups is 3. The van der Waals surface area contributed by atoms with Gasteiger partial charge in [0.1, 0.15) is 11.9 Å². The highest BCUT2D eigenvalue weighted by Crippen LogP contribution is 2.66. The first-order valence-corrected chi connectivity index (χ1v) is 14.3. The maximum atomic E-state index is 13.0. The summed E-state index contributed by atoms with van der Waals surface area (Å²) in [5.41, 5.74) is 5.28. The van der Waals surface area contributed by atoms with E-state index in [1.54, 1.807) is 6.92 Å². The average Bonchev–Trinajstić information content (AvgIpc) is 2.77. The Morgan fingerprint density at radius 2 is 1.76 bits per heavy atom. The van der Waals surface area contributed by atoms with Crippen LogP contribution in [0.15, 0.2) is 11.6 Å². The van der Waals surface area contributed by atoms with E-state index in [9.17, 15) is 19.6 Å². The first-order valence-electron chi connectivity index (χ1n) is 14.3. The SMILES string of the molecule is CC(=O)C[C@@H]1[C@@]2(C)C=C(C#N)C(=O)[C@@H](C)[C@@H]2CC[C@@]1(C)C(C)(C)CC[C@@]1(C(N)=O)CCC(C)(C)CC1C. The van der Waals surface area contributed by atoms with Gasteiger partial charge in [0.05, 0.1) is 11.0 Å². The predicted molar refractivity (Wildman–Crippen MR) is 147 cm³/mol. The van der Waals surface area contributed by atoms with E-state index >= 15 is 0 Å². The predicted octanol–water partition coefficient (Wildman–Crippen LogP) is 6.80. The molecule has 0 spiro atoms. The van der Waals surface area contributed by atoms with Crippen LogP contribution in [0.5, 0.6) is 0 Å². The lowest BCUT2D eigenvalue weighted by Crippen LogP contribution is -2.58. The topological polar surface area (TPSA) is 101 Å². The van der Waals surface area contributed by atoms with E-state index < -0.39 is 10.8 Å². The van der Waals surface area contributed by atoms with E-state index in [1.807, 2.05) is 13.0 Å². The summed E-state index contributed by atoms with van der Waals surface area (Å²) >= 11 is 0. The van der Waals surface area contributed by atoms with Crippen LogP contribution >= 0.6 is 0 Å². The second kappa shape index (κ2) is 9.65. The van der Waals surface area contributed by atoms with E-state index in [4.69, 9.17) is 5.73 Å². The maximum absolute atomic E-state index is 13.0. The van der Waals surface area contributed by atoms with Gasteiger partial charge in [-0.2, -0.15) is 5.26 Å². The zero-order chi connectivity index (χ0) is 28.2. The van der Waals surface area contributed by atoms with Crippen LogP contribution in [0.3, 0.4) is 0 Å². The molecule has 1 unspecified atom stereocenters. The van der Waals surface area contributed by atoms with Crippen molar-refractivity contribution in [3.63, 3.8) is 0 Å². The molecule has 7 atom stereocenters. The lowest BCUT2D eigenvalue weighted by Gasteiger charge is -2.63. The second-order valence-electron chi connectivity index (χ2n) is 14.9. The standard InChI is InChI=1S/C32H50N2O3/c1-20-17-28(4,5)12-14-32(20,27(34)37)15-13-29(6,7)31(9)11-10-24-22(3)26(36)23(19-33)18-30(24,8)25(31)16-21(2)35/h18,20,22,24-25H,10-17H2,1-9H3,(H2,34,37)/t20?,22-,24-,25+,30-,31+,32-/m0/s1. The van der Waals surface area contributed by atoms with Gasteiger partial charge in [-0.15, -0.1) is 0 Å².